The zero-order valence-electron chi connectivity index (χ0n) is 23.5. The zero-order chi connectivity index (χ0) is 30.1. The van der Waals surface area contributed by atoms with E-state index < -0.39 is 11.8 Å². The van der Waals surface area contributed by atoms with E-state index in [0.29, 0.717) is 33.4 Å². The predicted molar refractivity (Wildman–Crippen MR) is 167 cm³/mol. The van der Waals surface area contributed by atoms with Crippen LogP contribution in [0, 0.1) is 6.92 Å². The second-order valence-corrected chi connectivity index (χ2v) is 11.3. The number of thiazole rings is 1. The van der Waals surface area contributed by atoms with Gasteiger partial charge in [0.05, 0.1) is 25.2 Å². The third-order valence-corrected chi connectivity index (χ3v) is 7.90. The number of aryl methyl sites for hydroxylation is 1. The van der Waals surface area contributed by atoms with Gasteiger partial charge in [-0.1, -0.05) is 18.2 Å². The lowest BCUT2D eigenvalue weighted by Crippen LogP contribution is -2.30. The summed E-state index contributed by atoms with van der Waals surface area (Å²) in [4.78, 5) is 44.1. The van der Waals surface area contributed by atoms with E-state index in [4.69, 9.17) is 9.47 Å². The van der Waals surface area contributed by atoms with E-state index in [0.717, 1.165) is 10.6 Å². The number of amides is 3. The predicted octanol–water partition coefficient (Wildman–Crippen LogP) is 6.00. The first-order chi connectivity index (χ1) is 20.2. The number of nitrogens with one attached hydrogen (secondary N) is 3. The summed E-state index contributed by atoms with van der Waals surface area (Å²) >= 11 is 2.77. The summed E-state index contributed by atoms with van der Waals surface area (Å²) in [6.45, 7) is 3.69. The number of benzene rings is 3. The van der Waals surface area contributed by atoms with Crippen molar-refractivity contribution in [1.29, 1.82) is 0 Å². The van der Waals surface area contributed by atoms with Gasteiger partial charge < -0.3 is 25.4 Å². The Morgan fingerprint density at radius 1 is 0.952 bits per heavy atom. The molecule has 11 heteroatoms. The van der Waals surface area contributed by atoms with Gasteiger partial charge in [-0.25, -0.2) is 4.98 Å². The third kappa shape index (κ3) is 8.21. The van der Waals surface area contributed by atoms with Crippen LogP contribution in [-0.4, -0.2) is 42.2 Å². The SMILES string of the molecule is COc1ccc(OC)c(/C=C(\NC(=O)c2ccccc2)C(=O)Nc2ccc(SC(C)C(=O)Nc3nc(C)cs3)cc2)c1. The largest absolute Gasteiger partial charge is 0.497 e. The minimum absolute atomic E-state index is 0.0107. The smallest absolute Gasteiger partial charge is 0.272 e. The number of hydrogen-bond acceptors (Lipinski definition) is 8. The van der Waals surface area contributed by atoms with Gasteiger partial charge in [0.2, 0.25) is 5.91 Å². The van der Waals surface area contributed by atoms with Crippen LogP contribution in [0.5, 0.6) is 11.5 Å². The van der Waals surface area contributed by atoms with Gasteiger partial charge in [-0.05, 0) is 74.5 Å². The summed E-state index contributed by atoms with van der Waals surface area (Å²) in [7, 11) is 3.06. The molecule has 4 rings (SSSR count). The quantitative estimate of drug-likeness (QED) is 0.142. The second-order valence-electron chi connectivity index (χ2n) is 9.01. The molecule has 1 atom stereocenters. The van der Waals surface area contributed by atoms with Crippen molar-refractivity contribution in [2.24, 2.45) is 0 Å². The lowest BCUT2D eigenvalue weighted by molar-refractivity contribution is -0.115. The molecule has 9 nitrogen and oxygen atoms in total. The Morgan fingerprint density at radius 3 is 2.33 bits per heavy atom. The molecule has 42 heavy (non-hydrogen) atoms. The van der Waals surface area contributed by atoms with E-state index >= 15 is 0 Å². The Bertz CT molecular complexity index is 1590. The Kier molecular flexibility index (Phi) is 10.4. The molecule has 0 bridgehead atoms. The van der Waals surface area contributed by atoms with Crippen LogP contribution in [0.2, 0.25) is 0 Å². The zero-order valence-corrected chi connectivity index (χ0v) is 25.1. The molecule has 3 N–H and O–H groups in total. The van der Waals surface area contributed by atoms with Crippen LogP contribution in [-0.2, 0) is 9.59 Å². The van der Waals surface area contributed by atoms with Crippen molar-refractivity contribution in [3.63, 3.8) is 0 Å². The Balaban J connectivity index is 1.50. The molecule has 0 spiro atoms. The molecule has 4 aromatic rings. The van der Waals surface area contributed by atoms with Crippen LogP contribution in [0.4, 0.5) is 10.8 Å². The molecule has 0 radical (unpaired) electrons. The van der Waals surface area contributed by atoms with Gasteiger partial charge in [-0.2, -0.15) is 0 Å². The summed E-state index contributed by atoms with van der Waals surface area (Å²) < 4.78 is 10.8. The van der Waals surface area contributed by atoms with Gasteiger partial charge in [-0.15, -0.1) is 23.1 Å². The minimum Gasteiger partial charge on any atom is -0.497 e. The number of hydrogen-bond donors (Lipinski definition) is 3. The first-order valence-electron chi connectivity index (χ1n) is 12.9. The van der Waals surface area contributed by atoms with Gasteiger partial charge in [-0.3, -0.25) is 14.4 Å². The molecule has 0 aliphatic rings. The molecule has 0 aliphatic heterocycles. The van der Waals surface area contributed by atoms with E-state index in [-0.39, 0.29) is 16.9 Å². The summed E-state index contributed by atoms with van der Waals surface area (Å²) in [6.07, 6.45) is 1.53. The average molecular weight is 603 g/mol. The number of carbonyl (C=O) groups excluding carboxylic acids is 3. The maximum absolute atomic E-state index is 13.4. The molecule has 0 saturated carbocycles. The first kappa shape index (κ1) is 30.4. The van der Waals surface area contributed by atoms with Crippen LogP contribution >= 0.6 is 23.1 Å². The van der Waals surface area contributed by atoms with E-state index in [9.17, 15) is 14.4 Å². The molecule has 0 saturated heterocycles. The number of thioether (sulfide) groups is 1. The summed E-state index contributed by atoms with van der Waals surface area (Å²) in [5.74, 6) is -0.0565. The van der Waals surface area contributed by atoms with Crippen molar-refractivity contribution in [3.8, 4) is 11.5 Å². The maximum Gasteiger partial charge on any atom is 0.272 e. The maximum atomic E-state index is 13.4. The van der Waals surface area contributed by atoms with E-state index in [1.165, 1.54) is 43.4 Å². The fourth-order valence-electron chi connectivity index (χ4n) is 3.74. The lowest BCUT2D eigenvalue weighted by Gasteiger charge is -2.14. The van der Waals surface area contributed by atoms with Gasteiger partial charge >= 0.3 is 0 Å². The van der Waals surface area contributed by atoms with Crippen LogP contribution in [0.3, 0.4) is 0 Å². The van der Waals surface area contributed by atoms with Crippen molar-refractivity contribution in [2.75, 3.05) is 24.9 Å². The fourth-order valence-corrected chi connectivity index (χ4v) is 5.30. The number of rotatable bonds is 11. The monoisotopic (exact) mass is 602 g/mol. The molecule has 1 unspecified atom stereocenters. The number of methoxy groups -OCH3 is 2. The Hall–Kier alpha value is -4.61. The molecule has 0 fully saturated rings. The number of carbonyl (C=O) groups is 3. The van der Waals surface area contributed by atoms with Crippen LogP contribution in [0.25, 0.3) is 6.08 Å². The molecule has 3 aromatic carbocycles. The van der Waals surface area contributed by atoms with Gasteiger partial charge in [0, 0.05) is 27.1 Å². The van der Waals surface area contributed by atoms with E-state index in [1.807, 2.05) is 31.4 Å². The molecular weight excluding hydrogens is 572 g/mol. The molecular formula is C31H30N4O5S2. The van der Waals surface area contributed by atoms with E-state index in [2.05, 4.69) is 20.9 Å². The number of aromatic nitrogens is 1. The van der Waals surface area contributed by atoms with Gasteiger partial charge in [0.25, 0.3) is 11.8 Å². The first-order valence-corrected chi connectivity index (χ1v) is 14.6. The topological polar surface area (TPSA) is 119 Å². The van der Waals surface area contributed by atoms with Gasteiger partial charge in [0.1, 0.15) is 17.2 Å². The Labute approximate surface area is 252 Å². The molecule has 3 amide bonds. The highest BCUT2D eigenvalue weighted by Gasteiger charge is 2.18. The number of anilines is 2. The summed E-state index contributed by atoms with van der Waals surface area (Å²) in [5.41, 5.74) is 2.32. The van der Waals surface area contributed by atoms with Gasteiger partial charge in [0.15, 0.2) is 5.13 Å². The summed E-state index contributed by atoms with van der Waals surface area (Å²) in [6, 6.07) is 20.9. The lowest BCUT2D eigenvalue weighted by atomic mass is 10.1. The molecule has 1 heterocycles. The van der Waals surface area contributed by atoms with Crippen molar-refractivity contribution >= 4 is 57.7 Å². The van der Waals surface area contributed by atoms with Crippen LogP contribution in [0.1, 0.15) is 28.5 Å². The van der Waals surface area contributed by atoms with Crippen LogP contribution in [0.15, 0.2) is 88.8 Å². The van der Waals surface area contributed by atoms with Crippen molar-refractivity contribution in [2.45, 2.75) is 24.0 Å². The highest BCUT2D eigenvalue weighted by molar-refractivity contribution is 8.00. The minimum atomic E-state index is -0.531. The summed E-state index contributed by atoms with van der Waals surface area (Å²) in [5, 5.41) is 10.5. The number of ether oxygens (including phenoxy) is 2. The van der Waals surface area contributed by atoms with Crippen molar-refractivity contribution in [3.05, 3.63) is 101 Å². The van der Waals surface area contributed by atoms with Crippen molar-refractivity contribution < 1.29 is 23.9 Å². The highest BCUT2D eigenvalue weighted by Crippen LogP contribution is 2.28. The van der Waals surface area contributed by atoms with E-state index in [1.54, 1.807) is 60.7 Å². The average Bonchev–Trinajstić information content (AvgIpc) is 3.42. The molecule has 0 aliphatic carbocycles. The Morgan fingerprint density at radius 2 is 1.69 bits per heavy atom. The fraction of sp³-hybridized carbons (Fsp3) is 0.161. The second kappa shape index (κ2) is 14.3. The normalized spacial score (nSPS) is 11.8. The molecule has 1 aromatic heterocycles. The highest BCUT2D eigenvalue weighted by atomic mass is 32.2. The standard InChI is InChI=1S/C31H30N4O5S2/c1-19-18-41-31(32-19)35-28(36)20(2)42-25-13-10-23(11-14-25)33-30(38)26(34-29(37)21-8-6-5-7-9-21)17-22-16-24(39-3)12-15-27(22)40-4/h5-18,20H,1-4H3,(H,33,38)(H,34,37)(H,32,35,36)/b26-17-. The van der Waals surface area contributed by atoms with Crippen LogP contribution < -0.4 is 25.4 Å². The third-order valence-electron chi connectivity index (χ3n) is 5.91. The number of nitrogens with zero attached hydrogens (tertiary/aromatic N) is 1. The van der Waals surface area contributed by atoms with Crippen molar-refractivity contribution in [1.82, 2.24) is 10.3 Å². The molecule has 216 valence electrons.